The van der Waals surface area contributed by atoms with Crippen molar-refractivity contribution in [2.24, 2.45) is 0 Å². The highest BCUT2D eigenvalue weighted by Crippen LogP contribution is 2.25. The molecule has 0 atom stereocenters. The molecule has 0 spiro atoms. The van der Waals surface area contributed by atoms with Crippen molar-refractivity contribution in [2.75, 3.05) is 7.11 Å². The number of ether oxygens (including phenoxy) is 1. The average molecular weight is 443 g/mol. The van der Waals surface area contributed by atoms with Gasteiger partial charge in [-0.1, -0.05) is 11.2 Å². The molecule has 0 radical (unpaired) electrons. The molecule has 7 nitrogen and oxygen atoms in total. The Kier molecular flexibility index (Phi) is 4.74. The zero-order valence-corrected chi connectivity index (χ0v) is 16.1. The van der Waals surface area contributed by atoms with Gasteiger partial charge in [-0.2, -0.15) is 10.1 Å². The van der Waals surface area contributed by atoms with E-state index in [0.29, 0.717) is 17.0 Å². The van der Waals surface area contributed by atoms with E-state index in [-0.39, 0.29) is 27.3 Å². The van der Waals surface area contributed by atoms with Crippen molar-refractivity contribution in [1.29, 1.82) is 0 Å². The van der Waals surface area contributed by atoms with Gasteiger partial charge in [0.2, 0.25) is 11.3 Å². The highest BCUT2D eigenvalue weighted by atomic mass is 79.9. The molecule has 2 aromatic heterocycles. The van der Waals surface area contributed by atoms with Gasteiger partial charge in [0.25, 0.3) is 5.89 Å². The van der Waals surface area contributed by atoms with Crippen LogP contribution >= 0.6 is 15.9 Å². The first-order valence-electron chi connectivity index (χ1n) is 8.09. The number of nitrogens with zero attached hydrogens (tertiary/aromatic N) is 4. The van der Waals surface area contributed by atoms with Gasteiger partial charge in [-0.25, -0.2) is 9.07 Å². The van der Waals surface area contributed by atoms with Crippen LogP contribution in [0.1, 0.15) is 0 Å². The molecule has 0 bridgehead atoms. The molecule has 2 heterocycles. The Bertz CT molecular complexity index is 1220. The molecule has 0 aliphatic carbocycles. The van der Waals surface area contributed by atoms with Crippen LogP contribution < -0.4 is 10.2 Å². The summed E-state index contributed by atoms with van der Waals surface area (Å²) < 4.78 is 25.6. The summed E-state index contributed by atoms with van der Waals surface area (Å²) in [7, 11) is 1.57. The SMILES string of the molecule is COc1cccc(-n2ccc(=O)c(-c3nc(-c4ccc(F)c(Br)c4)no3)n2)c1. The minimum absolute atomic E-state index is 0.00486. The average Bonchev–Trinajstić information content (AvgIpc) is 3.20. The van der Waals surface area contributed by atoms with Crippen molar-refractivity contribution in [3.63, 3.8) is 0 Å². The zero-order chi connectivity index (χ0) is 19.7. The number of methoxy groups -OCH3 is 1. The fourth-order valence-corrected chi connectivity index (χ4v) is 2.90. The molecule has 0 N–H and O–H groups in total. The Morgan fingerprint density at radius 3 is 2.82 bits per heavy atom. The van der Waals surface area contributed by atoms with E-state index in [1.165, 1.54) is 35.1 Å². The van der Waals surface area contributed by atoms with Crippen molar-refractivity contribution in [1.82, 2.24) is 19.9 Å². The second kappa shape index (κ2) is 7.35. The fourth-order valence-electron chi connectivity index (χ4n) is 2.52. The third-order valence-electron chi connectivity index (χ3n) is 3.93. The van der Waals surface area contributed by atoms with Crippen LogP contribution in [0.4, 0.5) is 4.39 Å². The first kappa shape index (κ1) is 18.1. The van der Waals surface area contributed by atoms with Crippen molar-refractivity contribution in [3.8, 4) is 34.4 Å². The van der Waals surface area contributed by atoms with Crippen molar-refractivity contribution < 1.29 is 13.7 Å². The zero-order valence-electron chi connectivity index (χ0n) is 14.5. The van der Waals surface area contributed by atoms with E-state index in [1.807, 2.05) is 12.1 Å². The minimum Gasteiger partial charge on any atom is -0.497 e. The maximum absolute atomic E-state index is 13.4. The van der Waals surface area contributed by atoms with Gasteiger partial charge in [0.05, 0.1) is 17.3 Å². The van der Waals surface area contributed by atoms with Crippen LogP contribution in [0.15, 0.2) is 68.5 Å². The van der Waals surface area contributed by atoms with Crippen LogP contribution in [0.5, 0.6) is 5.75 Å². The molecule has 4 rings (SSSR count). The van der Waals surface area contributed by atoms with Gasteiger partial charge in [0.1, 0.15) is 11.6 Å². The van der Waals surface area contributed by atoms with Crippen LogP contribution in [0.2, 0.25) is 0 Å². The number of benzene rings is 2. The maximum atomic E-state index is 13.4. The van der Waals surface area contributed by atoms with E-state index >= 15 is 0 Å². The molecule has 0 unspecified atom stereocenters. The molecule has 0 amide bonds. The second-order valence-corrected chi connectivity index (χ2v) is 6.58. The summed E-state index contributed by atoms with van der Waals surface area (Å²) in [6.07, 6.45) is 1.54. The van der Waals surface area contributed by atoms with Crippen molar-refractivity contribution in [2.45, 2.75) is 0 Å². The third-order valence-corrected chi connectivity index (χ3v) is 4.54. The predicted molar refractivity (Wildman–Crippen MR) is 103 cm³/mol. The Balaban J connectivity index is 1.74. The van der Waals surface area contributed by atoms with Gasteiger partial charge < -0.3 is 9.26 Å². The van der Waals surface area contributed by atoms with E-state index in [2.05, 4.69) is 31.2 Å². The fraction of sp³-hybridized carbons (Fsp3) is 0.0526. The summed E-state index contributed by atoms with van der Waals surface area (Å²) in [5, 5.41) is 8.18. The second-order valence-electron chi connectivity index (χ2n) is 5.73. The number of halogens is 2. The summed E-state index contributed by atoms with van der Waals surface area (Å²) in [5.41, 5.74) is 0.870. The highest BCUT2D eigenvalue weighted by molar-refractivity contribution is 9.10. The van der Waals surface area contributed by atoms with E-state index in [9.17, 15) is 9.18 Å². The van der Waals surface area contributed by atoms with Gasteiger partial charge in [0, 0.05) is 23.9 Å². The summed E-state index contributed by atoms with van der Waals surface area (Å²) in [5.74, 6) is 0.436. The molecule has 9 heteroatoms. The van der Waals surface area contributed by atoms with Crippen LogP contribution in [-0.4, -0.2) is 27.0 Å². The van der Waals surface area contributed by atoms with Crippen molar-refractivity contribution in [3.05, 3.63) is 75.2 Å². The summed E-state index contributed by atoms with van der Waals surface area (Å²) in [6.45, 7) is 0. The normalized spacial score (nSPS) is 10.8. The molecular formula is C19H12BrFN4O3. The lowest BCUT2D eigenvalue weighted by Gasteiger charge is -2.07. The number of aromatic nitrogens is 4. The number of hydrogen-bond donors (Lipinski definition) is 0. The lowest BCUT2D eigenvalue weighted by Crippen LogP contribution is -2.12. The molecule has 28 heavy (non-hydrogen) atoms. The smallest absolute Gasteiger partial charge is 0.282 e. The van der Waals surface area contributed by atoms with Crippen LogP contribution in [0, 0.1) is 5.82 Å². The van der Waals surface area contributed by atoms with E-state index in [4.69, 9.17) is 9.26 Å². The molecule has 0 saturated heterocycles. The lowest BCUT2D eigenvalue weighted by atomic mass is 10.2. The van der Waals surface area contributed by atoms with E-state index in [1.54, 1.807) is 19.2 Å². The largest absolute Gasteiger partial charge is 0.497 e. The molecular weight excluding hydrogens is 431 g/mol. The van der Waals surface area contributed by atoms with Gasteiger partial charge in [0.15, 0.2) is 5.69 Å². The van der Waals surface area contributed by atoms with Gasteiger partial charge >= 0.3 is 0 Å². The maximum Gasteiger partial charge on any atom is 0.282 e. The molecule has 0 fully saturated rings. The Morgan fingerprint density at radius 2 is 2.04 bits per heavy atom. The molecule has 2 aromatic carbocycles. The summed E-state index contributed by atoms with van der Waals surface area (Å²) in [4.78, 5) is 16.5. The summed E-state index contributed by atoms with van der Waals surface area (Å²) in [6, 6.07) is 12.9. The molecule has 0 aliphatic heterocycles. The predicted octanol–water partition coefficient (Wildman–Crippen LogP) is 3.86. The van der Waals surface area contributed by atoms with Crippen LogP contribution in [-0.2, 0) is 0 Å². The summed E-state index contributed by atoms with van der Waals surface area (Å²) >= 11 is 3.12. The standard InChI is InChI=1S/C19H12BrFN4O3/c1-27-13-4-2-3-12(10-13)25-8-7-16(26)17(23-25)19-22-18(24-28-19)11-5-6-15(21)14(20)9-11/h2-10H,1H3. The number of hydrogen-bond acceptors (Lipinski definition) is 6. The Hall–Kier alpha value is -3.33. The lowest BCUT2D eigenvalue weighted by molar-refractivity contribution is 0.414. The monoisotopic (exact) mass is 442 g/mol. The van der Waals surface area contributed by atoms with E-state index < -0.39 is 5.82 Å². The Morgan fingerprint density at radius 1 is 1.18 bits per heavy atom. The highest BCUT2D eigenvalue weighted by Gasteiger charge is 2.17. The molecule has 140 valence electrons. The first-order chi connectivity index (χ1) is 13.5. The van der Waals surface area contributed by atoms with E-state index in [0.717, 1.165) is 0 Å². The number of rotatable bonds is 4. The van der Waals surface area contributed by atoms with Gasteiger partial charge in [-0.05, 0) is 46.3 Å². The van der Waals surface area contributed by atoms with Crippen LogP contribution in [0.25, 0.3) is 28.7 Å². The van der Waals surface area contributed by atoms with Gasteiger partial charge in [-0.15, -0.1) is 0 Å². The molecule has 0 saturated carbocycles. The third kappa shape index (κ3) is 3.44. The molecule has 4 aromatic rings. The topological polar surface area (TPSA) is 83.0 Å². The first-order valence-corrected chi connectivity index (χ1v) is 8.88. The Labute approximate surface area is 166 Å². The molecule has 0 aliphatic rings. The van der Waals surface area contributed by atoms with Crippen molar-refractivity contribution >= 4 is 15.9 Å². The minimum atomic E-state index is -0.404. The quantitative estimate of drug-likeness (QED) is 0.477. The van der Waals surface area contributed by atoms with Crippen LogP contribution in [0.3, 0.4) is 0 Å². The van der Waals surface area contributed by atoms with Gasteiger partial charge in [-0.3, -0.25) is 4.79 Å².